The van der Waals surface area contributed by atoms with Crippen molar-refractivity contribution >= 4 is 0 Å². The molecule has 4 heteroatoms. The summed E-state index contributed by atoms with van der Waals surface area (Å²) >= 11 is 0. The first-order chi connectivity index (χ1) is 8.70. The second-order valence-corrected chi connectivity index (χ2v) is 5.46. The van der Waals surface area contributed by atoms with E-state index in [1.54, 1.807) is 7.11 Å². The van der Waals surface area contributed by atoms with Crippen molar-refractivity contribution in [3.8, 4) is 0 Å². The number of hydrazine groups is 1. The average Bonchev–Trinajstić information content (AvgIpc) is 2.38. The summed E-state index contributed by atoms with van der Waals surface area (Å²) in [5, 5.41) is 0. The van der Waals surface area contributed by atoms with Crippen LogP contribution in [-0.2, 0) is 9.47 Å². The summed E-state index contributed by atoms with van der Waals surface area (Å²) in [5.41, 5.74) is 2.95. The van der Waals surface area contributed by atoms with Crippen molar-refractivity contribution in [2.75, 3.05) is 20.3 Å². The third kappa shape index (κ3) is 3.92. The van der Waals surface area contributed by atoms with Gasteiger partial charge in [-0.1, -0.05) is 26.2 Å². The Morgan fingerprint density at radius 3 is 2.44 bits per heavy atom. The van der Waals surface area contributed by atoms with Crippen LogP contribution in [0.3, 0.4) is 0 Å². The fourth-order valence-corrected chi connectivity index (χ4v) is 3.29. The molecule has 0 aliphatic heterocycles. The van der Waals surface area contributed by atoms with Crippen LogP contribution in [-0.4, -0.2) is 32.0 Å². The zero-order chi connectivity index (χ0) is 13.4. The summed E-state index contributed by atoms with van der Waals surface area (Å²) in [6.45, 7) is 5.85. The molecule has 2 atom stereocenters. The Labute approximate surface area is 112 Å². The second kappa shape index (κ2) is 8.10. The normalized spacial score (nSPS) is 22.7. The van der Waals surface area contributed by atoms with Gasteiger partial charge in [-0.15, -0.1) is 0 Å². The first kappa shape index (κ1) is 15.9. The molecule has 0 saturated heterocycles. The number of hydrogen-bond acceptors (Lipinski definition) is 4. The van der Waals surface area contributed by atoms with Gasteiger partial charge in [0.1, 0.15) is 0 Å². The molecule has 1 saturated carbocycles. The third-order valence-electron chi connectivity index (χ3n) is 4.22. The first-order valence-electron chi connectivity index (χ1n) is 7.29. The van der Waals surface area contributed by atoms with E-state index in [2.05, 4.69) is 19.3 Å². The zero-order valence-electron chi connectivity index (χ0n) is 12.2. The van der Waals surface area contributed by atoms with Gasteiger partial charge in [0, 0.05) is 20.3 Å². The number of nitrogens with one attached hydrogen (secondary N) is 1. The van der Waals surface area contributed by atoms with Crippen LogP contribution < -0.4 is 11.3 Å². The van der Waals surface area contributed by atoms with E-state index in [9.17, 15) is 0 Å². The monoisotopic (exact) mass is 258 g/mol. The van der Waals surface area contributed by atoms with Crippen molar-refractivity contribution in [2.24, 2.45) is 11.8 Å². The maximum atomic E-state index is 6.14. The number of hydrogen-bond donors (Lipinski definition) is 2. The van der Waals surface area contributed by atoms with Crippen molar-refractivity contribution in [3.05, 3.63) is 0 Å². The van der Waals surface area contributed by atoms with Gasteiger partial charge in [0.2, 0.25) is 0 Å². The van der Waals surface area contributed by atoms with Crippen LogP contribution in [0.1, 0.15) is 52.4 Å². The van der Waals surface area contributed by atoms with Crippen LogP contribution in [0.4, 0.5) is 0 Å². The molecule has 0 radical (unpaired) electrons. The number of nitrogens with two attached hydrogens (primary N) is 1. The van der Waals surface area contributed by atoms with E-state index < -0.39 is 0 Å². The zero-order valence-corrected chi connectivity index (χ0v) is 12.2. The highest BCUT2D eigenvalue weighted by atomic mass is 16.5. The Bertz CT molecular complexity index is 212. The van der Waals surface area contributed by atoms with Gasteiger partial charge >= 0.3 is 0 Å². The summed E-state index contributed by atoms with van der Waals surface area (Å²) < 4.78 is 11.3. The molecular weight excluding hydrogens is 228 g/mol. The molecule has 1 fully saturated rings. The van der Waals surface area contributed by atoms with Crippen LogP contribution in [0.5, 0.6) is 0 Å². The topological polar surface area (TPSA) is 56.5 Å². The Hall–Kier alpha value is -0.160. The molecule has 4 nitrogen and oxygen atoms in total. The predicted octanol–water partition coefficient (Wildman–Crippen LogP) is 2.23. The van der Waals surface area contributed by atoms with E-state index in [0.717, 1.165) is 32.5 Å². The number of ether oxygens (including phenoxy) is 2. The Kier molecular flexibility index (Phi) is 7.15. The van der Waals surface area contributed by atoms with E-state index >= 15 is 0 Å². The highest BCUT2D eigenvalue weighted by Gasteiger charge is 2.42. The van der Waals surface area contributed by atoms with Gasteiger partial charge in [-0.25, -0.2) is 0 Å². The molecule has 0 amide bonds. The molecule has 108 valence electrons. The summed E-state index contributed by atoms with van der Waals surface area (Å²) in [6.07, 6.45) is 7.06. The summed E-state index contributed by atoms with van der Waals surface area (Å²) in [5.74, 6) is 6.28. The highest BCUT2D eigenvalue weighted by Crippen LogP contribution is 2.37. The lowest BCUT2D eigenvalue weighted by molar-refractivity contribution is -0.103. The van der Waals surface area contributed by atoms with Crippen LogP contribution in [0.2, 0.25) is 0 Å². The number of rotatable bonds is 8. The summed E-state index contributed by atoms with van der Waals surface area (Å²) in [7, 11) is 1.75. The molecule has 0 aromatic heterocycles. The van der Waals surface area contributed by atoms with Gasteiger partial charge in [0.15, 0.2) is 0 Å². The smallest absolute Gasteiger partial charge is 0.0850 e. The van der Waals surface area contributed by atoms with Crippen molar-refractivity contribution < 1.29 is 9.47 Å². The van der Waals surface area contributed by atoms with E-state index in [0.29, 0.717) is 5.92 Å². The third-order valence-corrected chi connectivity index (χ3v) is 4.22. The van der Waals surface area contributed by atoms with Gasteiger partial charge in [0.25, 0.3) is 0 Å². The van der Waals surface area contributed by atoms with E-state index in [-0.39, 0.29) is 11.6 Å². The lowest BCUT2D eigenvalue weighted by Crippen LogP contribution is -2.59. The molecule has 1 aliphatic carbocycles. The minimum Gasteiger partial charge on any atom is -0.385 e. The van der Waals surface area contributed by atoms with Gasteiger partial charge in [-0.05, 0) is 32.1 Å². The average molecular weight is 258 g/mol. The van der Waals surface area contributed by atoms with E-state index in [1.165, 1.54) is 19.3 Å². The molecule has 1 rings (SSSR count). The Balaban J connectivity index is 2.72. The van der Waals surface area contributed by atoms with Crippen LogP contribution in [0.25, 0.3) is 0 Å². The van der Waals surface area contributed by atoms with E-state index in [1.807, 2.05) is 0 Å². The molecular formula is C14H30N2O2. The van der Waals surface area contributed by atoms with Crippen molar-refractivity contribution in [1.82, 2.24) is 5.43 Å². The lowest BCUT2D eigenvalue weighted by Gasteiger charge is -2.45. The largest absolute Gasteiger partial charge is 0.385 e. The molecule has 0 spiro atoms. The van der Waals surface area contributed by atoms with Crippen molar-refractivity contribution in [3.63, 3.8) is 0 Å². The van der Waals surface area contributed by atoms with Crippen LogP contribution in [0, 0.1) is 5.92 Å². The standard InChI is InChI=1S/C14H30N2O2/c1-4-18-14(9-6-5-7-10-14)13(16-15)12(2)8-11-17-3/h12-13,16H,4-11,15H2,1-3H3. The van der Waals surface area contributed by atoms with Crippen molar-refractivity contribution in [2.45, 2.75) is 64.0 Å². The molecule has 0 bridgehead atoms. The SMILES string of the molecule is CCOC1(C(NN)C(C)CCOC)CCCCC1. The summed E-state index contributed by atoms with van der Waals surface area (Å²) in [6, 6.07) is 0.216. The minimum atomic E-state index is -0.0745. The predicted molar refractivity (Wildman–Crippen MR) is 74.2 cm³/mol. The lowest BCUT2D eigenvalue weighted by atomic mass is 9.74. The molecule has 0 aromatic rings. The van der Waals surface area contributed by atoms with Gasteiger partial charge in [0.05, 0.1) is 11.6 Å². The highest BCUT2D eigenvalue weighted by molar-refractivity contribution is 4.97. The van der Waals surface area contributed by atoms with Gasteiger partial charge in [-0.2, -0.15) is 0 Å². The maximum absolute atomic E-state index is 6.14. The van der Waals surface area contributed by atoms with Crippen LogP contribution >= 0.6 is 0 Å². The fourth-order valence-electron chi connectivity index (χ4n) is 3.29. The second-order valence-electron chi connectivity index (χ2n) is 5.46. The molecule has 0 aromatic carbocycles. The van der Waals surface area contributed by atoms with E-state index in [4.69, 9.17) is 15.3 Å². The van der Waals surface area contributed by atoms with Crippen LogP contribution in [0.15, 0.2) is 0 Å². The molecule has 2 unspecified atom stereocenters. The quantitative estimate of drug-likeness (QED) is 0.518. The van der Waals surface area contributed by atoms with Crippen molar-refractivity contribution in [1.29, 1.82) is 0 Å². The number of methoxy groups -OCH3 is 1. The maximum Gasteiger partial charge on any atom is 0.0850 e. The van der Waals surface area contributed by atoms with Gasteiger partial charge in [-0.3, -0.25) is 11.3 Å². The molecule has 18 heavy (non-hydrogen) atoms. The molecule has 0 heterocycles. The molecule has 1 aliphatic rings. The van der Waals surface area contributed by atoms with Gasteiger partial charge < -0.3 is 9.47 Å². The Morgan fingerprint density at radius 1 is 1.28 bits per heavy atom. The minimum absolute atomic E-state index is 0.0745. The first-order valence-corrected chi connectivity index (χ1v) is 7.29. The fraction of sp³-hybridized carbons (Fsp3) is 1.00. The molecule has 3 N–H and O–H groups in total. The summed E-state index contributed by atoms with van der Waals surface area (Å²) in [4.78, 5) is 0. The Morgan fingerprint density at radius 2 is 1.94 bits per heavy atom.